The highest BCUT2D eigenvalue weighted by Crippen LogP contribution is 2.25. The van der Waals surface area contributed by atoms with Crippen LogP contribution in [-0.4, -0.2) is 26.5 Å². The van der Waals surface area contributed by atoms with Gasteiger partial charge in [0.15, 0.2) is 0 Å². The van der Waals surface area contributed by atoms with Crippen LogP contribution in [0.3, 0.4) is 0 Å². The number of carbonyl (C=O) groups excluding carboxylic acids is 1. The van der Waals surface area contributed by atoms with E-state index in [2.05, 4.69) is 4.98 Å². The average molecular weight is 289 g/mol. The topological polar surface area (TPSA) is 98.2 Å². The van der Waals surface area contributed by atoms with Gasteiger partial charge in [-0.3, -0.25) is 4.79 Å². The molecule has 1 aromatic heterocycles. The van der Waals surface area contributed by atoms with Crippen molar-refractivity contribution in [2.45, 2.75) is 39.2 Å². The third-order valence-electron chi connectivity index (χ3n) is 3.42. The number of imidazole rings is 1. The molecule has 3 N–H and O–H groups in total. The fraction of sp³-hybridized carbons (Fsp3) is 0.400. The number of carboxylic acid groups (broad SMARTS) is 1. The molecule has 0 aliphatic carbocycles. The van der Waals surface area contributed by atoms with Gasteiger partial charge in [-0.05, 0) is 31.5 Å². The molecule has 1 amide bonds. The molecule has 0 radical (unpaired) electrons. The molecule has 2 rings (SSSR count). The molecular formula is C15H19N3O3. The first-order valence-corrected chi connectivity index (χ1v) is 6.96. The van der Waals surface area contributed by atoms with Crippen molar-refractivity contribution in [2.75, 3.05) is 0 Å². The molecule has 1 atom stereocenters. The van der Waals surface area contributed by atoms with Crippen molar-refractivity contribution in [3.05, 3.63) is 29.6 Å². The molecule has 0 saturated carbocycles. The number of hydrogen-bond donors (Lipinski definition) is 2. The van der Waals surface area contributed by atoms with Gasteiger partial charge in [-0.25, -0.2) is 9.78 Å². The van der Waals surface area contributed by atoms with Crippen molar-refractivity contribution >= 4 is 22.9 Å². The number of benzene rings is 1. The zero-order valence-corrected chi connectivity index (χ0v) is 12.2. The van der Waals surface area contributed by atoms with Crippen LogP contribution in [0, 0.1) is 0 Å². The minimum absolute atomic E-state index is 0.155. The van der Waals surface area contributed by atoms with Gasteiger partial charge in [-0.1, -0.05) is 6.92 Å². The van der Waals surface area contributed by atoms with E-state index in [9.17, 15) is 9.59 Å². The summed E-state index contributed by atoms with van der Waals surface area (Å²) < 4.78 is 1.93. The van der Waals surface area contributed by atoms with Gasteiger partial charge in [0.05, 0.1) is 16.6 Å². The van der Waals surface area contributed by atoms with Gasteiger partial charge < -0.3 is 15.4 Å². The van der Waals surface area contributed by atoms with Crippen LogP contribution in [-0.2, 0) is 11.2 Å². The second-order valence-electron chi connectivity index (χ2n) is 5.18. The van der Waals surface area contributed by atoms with E-state index in [1.165, 1.54) is 6.07 Å². The summed E-state index contributed by atoms with van der Waals surface area (Å²) in [5, 5.41) is 9.13. The van der Waals surface area contributed by atoms with E-state index in [0.29, 0.717) is 0 Å². The standard InChI is InChI=1S/C15H19N3O3/c1-3-4-14-17-11-6-5-10(15(20)21)8-12(11)18(14)9(2)7-13(16)19/h5-6,8-9H,3-4,7H2,1-2H3,(H2,16,19)(H,20,21). The number of amides is 1. The van der Waals surface area contributed by atoms with E-state index in [4.69, 9.17) is 10.8 Å². The fourth-order valence-electron chi connectivity index (χ4n) is 2.55. The molecule has 0 fully saturated rings. The molecule has 112 valence electrons. The van der Waals surface area contributed by atoms with Crippen molar-refractivity contribution in [3.8, 4) is 0 Å². The Labute approximate surface area is 122 Å². The van der Waals surface area contributed by atoms with Crippen LogP contribution in [0.4, 0.5) is 0 Å². The SMILES string of the molecule is CCCc1nc2ccc(C(=O)O)cc2n1C(C)CC(N)=O. The van der Waals surface area contributed by atoms with Gasteiger partial charge in [-0.15, -0.1) is 0 Å². The normalized spacial score (nSPS) is 12.5. The Morgan fingerprint density at radius 3 is 2.71 bits per heavy atom. The minimum Gasteiger partial charge on any atom is -0.478 e. The van der Waals surface area contributed by atoms with Gasteiger partial charge in [0.25, 0.3) is 0 Å². The quantitative estimate of drug-likeness (QED) is 0.851. The van der Waals surface area contributed by atoms with Crippen molar-refractivity contribution in [1.82, 2.24) is 9.55 Å². The third-order valence-corrected chi connectivity index (χ3v) is 3.42. The summed E-state index contributed by atoms with van der Waals surface area (Å²) in [6, 6.07) is 4.68. The van der Waals surface area contributed by atoms with E-state index in [1.54, 1.807) is 12.1 Å². The van der Waals surface area contributed by atoms with Crippen LogP contribution in [0.25, 0.3) is 11.0 Å². The first-order valence-electron chi connectivity index (χ1n) is 6.96. The molecule has 1 unspecified atom stereocenters. The fourth-order valence-corrected chi connectivity index (χ4v) is 2.55. The van der Waals surface area contributed by atoms with E-state index in [1.807, 2.05) is 18.4 Å². The Morgan fingerprint density at radius 2 is 2.14 bits per heavy atom. The highest BCUT2D eigenvalue weighted by molar-refractivity contribution is 5.92. The van der Waals surface area contributed by atoms with Crippen molar-refractivity contribution in [3.63, 3.8) is 0 Å². The van der Waals surface area contributed by atoms with E-state index in [-0.39, 0.29) is 23.9 Å². The number of nitrogens with zero attached hydrogens (tertiary/aromatic N) is 2. The predicted molar refractivity (Wildman–Crippen MR) is 79.2 cm³/mol. The number of carbonyl (C=O) groups is 2. The Morgan fingerprint density at radius 1 is 1.43 bits per heavy atom. The highest BCUT2D eigenvalue weighted by atomic mass is 16.4. The number of primary amides is 1. The smallest absolute Gasteiger partial charge is 0.335 e. The minimum atomic E-state index is -0.982. The molecule has 1 heterocycles. The van der Waals surface area contributed by atoms with Gasteiger partial charge in [0, 0.05) is 18.9 Å². The Balaban J connectivity index is 2.60. The molecule has 6 nitrogen and oxygen atoms in total. The summed E-state index contributed by atoms with van der Waals surface area (Å²) in [4.78, 5) is 26.9. The molecule has 21 heavy (non-hydrogen) atoms. The molecule has 0 aliphatic rings. The number of aryl methyl sites for hydroxylation is 1. The number of aromatic nitrogens is 2. The predicted octanol–water partition coefficient (Wildman–Crippen LogP) is 2.12. The molecule has 0 bridgehead atoms. The Hall–Kier alpha value is -2.37. The van der Waals surface area contributed by atoms with E-state index in [0.717, 1.165) is 29.7 Å². The molecule has 0 aliphatic heterocycles. The van der Waals surface area contributed by atoms with E-state index >= 15 is 0 Å². The van der Waals surface area contributed by atoms with Gasteiger partial charge in [0.2, 0.25) is 5.91 Å². The van der Waals surface area contributed by atoms with Crippen molar-refractivity contribution in [2.24, 2.45) is 5.73 Å². The molecular weight excluding hydrogens is 270 g/mol. The molecule has 0 spiro atoms. The maximum absolute atomic E-state index is 11.2. The van der Waals surface area contributed by atoms with Gasteiger partial charge in [-0.2, -0.15) is 0 Å². The molecule has 0 saturated heterocycles. The van der Waals surface area contributed by atoms with Crippen LogP contribution in [0.2, 0.25) is 0 Å². The molecule has 1 aromatic carbocycles. The van der Waals surface area contributed by atoms with Crippen LogP contribution < -0.4 is 5.73 Å². The first kappa shape index (κ1) is 15.0. The monoisotopic (exact) mass is 289 g/mol. The second-order valence-corrected chi connectivity index (χ2v) is 5.18. The Bertz CT molecular complexity index is 691. The zero-order valence-electron chi connectivity index (χ0n) is 12.2. The number of nitrogens with two attached hydrogens (primary N) is 1. The maximum Gasteiger partial charge on any atom is 0.335 e. The van der Waals surface area contributed by atoms with Gasteiger partial charge in [0.1, 0.15) is 5.82 Å². The summed E-state index contributed by atoms with van der Waals surface area (Å²) >= 11 is 0. The lowest BCUT2D eigenvalue weighted by Gasteiger charge is -2.16. The van der Waals surface area contributed by atoms with Crippen LogP contribution >= 0.6 is 0 Å². The van der Waals surface area contributed by atoms with Gasteiger partial charge >= 0.3 is 5.97 Å². The lowest BCUT2D eigenvalue weighted by Crippen LogP contribution is -2.19. The lowest BCUT2D eigenvalue weighted by molar-refractivity contribution is -0.118. The second kappa shape index (κ2) is 5.95. The summed E-state index contributed by atoms with van der Waals surface area (Å²) in [5.74, 6) is -0.519. The van der Waals surface area contributed by atoms with Crippen LogP contribution in [0.15, 0.2) is 18.2 Å². The number of carboxylic acids is 1. The van der Waals surface area contributed by atoms with E-state index < -0.39 is 5.97 Å². The third kappa shape index (κ3) is 3.04. The van der Waals surface area contributed by atoms with Crippen molar-refractivity contribution < 1.29 is 14.7 Å². The zero-order chi connectivity index (χ0) is 15.6. The van der Waals surface area contributed by atoms with Crippen molar-refractivity contribution in [1.29, 1.82) is 0 Å². The highest BCUT2D eigenvalue weighted by Gasteiger charge is 2.18. The van der Waals surface area contributed by atoms with Crippen LogP contribution in [0.5, 0.6) is 0 Å². The molecule has 2 aromatic rings. The summed E-state index contributed by atoms with van der Waals surface area (Å²) in [7, 11) is 0. The number of aromatic carboxylic acids is 1. The molecule has 6 heteroatoms. The number of rotatable bonds is 6. The summed E-state index contributed by atoms with van der Waals surface area (Å²) in [6.07, 6.45) is 1.87. The average Bonchev–Trinajstić information content (AvgIpc) is 2.75. The van der Waals surface area contributed by atoms with Crippen LogP contribution in [0.1, 0.15) is 48.9 Å². The first-order chi connectivity index (χ1) is 9.93. The summed E-state index contributed by atoms with van der Waals surface area (Å²) in [6.45, 7) is 3.93. The largest absolute Gasteiger partial charge is 0.478 e. The Kier molecular flexibility index (Phi) is 4.26. The number of fused-ring (bicyclic) bond motifs is 1. The lowest BCUT2D eigenvalue weighted by atomic mass is 10.1. The maximum atomic E-state index is 11.2. The number of hydrogen-bond acceptors (Lipinski definition) is 3. The summed E-state index contributed by atoms with van der Waals surface area (Å²) in [5.41, 5.74) is 6.95.